The number of carbonyl (C=O) groups is 1. The predicted molar refractivity (Wildman–Crippen MR) is 82.4 cm³/mol. The Morgan fingerprint density at radius 3 is 2.50 bits per heavy atom. The lowest BCUT2D eigenvalue weighted by Crippen LogP contribution is -2.52. The van der Waals surface area contributed by atoms with Crippen LogP contribution in [0.2, 0.25) is 0 Å². The quantitative estimate of drug-likeness (QED) is 0.825. The lowest BCUT2D eigenvalue weighted by molar-refractivity contribution is -0.127. The molecule has 3 atom stereocenters. The Balaban J connectivity index is 1.85. The first-order valence-electron chi connectivity index (χ1n) is 8.15. The van der Waals surface area contributed by atoms with E-state index in [4.69, 9.17) is 5.73 Å². The number of rotatable bonds is 4. The summed E-state index contributed by atoms with van der Waals surface area (Å²) in [5, 5.41) is 3.22. The lowest BCUT2D eigenvalue weighted by atomic mass is 9.79. The van der Waals surface area contributed by atoms with Gasteiger partial charge in [-0.3, -0.25) is 4.79 Å². The SMILES string of the molecule is CC1CCC(C(=O)NCC2(N(C)C)CCCC2)CC1N. The maximum absolute atomic E-state index is 12.4. The number of amides is 1. The van der Waals surface area contributed by atoms with Crippen molar-refractivity contribution < 1.29 is 4.79 Å². The van der Waals surface area contributed by atoms with Gasteiger partial charge < -0.3 is 16.0 Å². The number of nitrogens with one attached hydrogen (secondary N) is 1. The Morgan fingerprint density at radius 2 is 1.95 bits per heavy atom. The number of nitrogens with zero attached hydrogens (tertiary/aromatic N) is 1. The molecule has 0 radical (unpaired) electrons. The summed E-state index contributed by atoms with van der Waals surface area (Å²) in [5.74, 6) is 0.907. The molecule has 0 heterocycles. The van der Waals surface area contributed by atoms with Crippen LogP contribution in [0.5, 0.6) is 0 Å². The molecule has 2 aliphatic carbocycles. The minimum atomic E-state index is 0.127. The van der Waals surface area contributed by atoms with E-state index in [1.165, 1.54) is 25.7 Å². The molecule has 0 spiro atoms. The first kappa shape index (κ1) is 15.8. The van der Waals surface area contributed by atoms with Crippen molar-refractivity contribution in [3.05, 3.63) is 0 Å². The predicted octanol–water partition coefficient (Wildman–Crippen LogP) is 1.74. The molecule has 0 aromatic rings. The van der Waals surface area contributed by atoms with Gasteiger partial charge in [-0.25, -0.2) is 0 Å². The van der Waals surface area contributed by atoms with Crippen LogP contribution in [0.4, 0.5) is 0 Å². The molecule has 0 bridgehead atoms. The van der Waals surface area contributed by atoms with Gasteiger partial charge in [-0.1, -0.05) is 19.8 Å². The van der Waals surface area contributed by atoms with Crippen LogP contribution in [0.3, 0.4) is 0 Å². The molecule has 4 nitrogen and oxygen atoms in total. The molecule has 0 aromatic carbocycles. The average Bonchev–Trinajstić information content (AvgIpc) is 2.89. The Bertz CT molecular complexity index is 337. The zero-order chi connectivity index (χ0) is 14.8. The highest BCUT2D eigenvalue weighted by molar-refractivity contribution is 5.78. The highest BCUT2D eigenvalue weighted by atomic mass is 16.1. The molecule has 4 heteroatoms. The highest BCUT2D eigenvalue weighted by Gasteiger charge is 2.37. The maximum atomic E-state index is 12.4. The molecule has 20 heavy (non-hydrogen) atoms. The van der Waals surface area contributed by atoms with E-state index >= 15 is 0 Å². The summed E-state index contributed by atoms with van der Waals surface area (Å²) < 4.78 is 0. The third kappa shape index (κ3) is 3.34. The summed E-state index contributed by atoms with van der Waals surface area (Å²) in [4.78, 5) is 14.7. The van der Waals surface area contributed by atoms with Crippen LogP contribution in [0.15, 0.2) is 0 Å². The molecule has 2 aliphatic rings. The zero-order valence-electron chi connectivity index (χ0n) is 13.3. The van der Waals surface area contributed by atoms with Crippen LogP contribution in [-0.4, -0.2) is 43.0 Å². The van der Waals surface area contributed by atoms with E-state index in [-0.39, 0.29) is 23.4 Å². The molecule has 0 aromatic heterocycles. The summed E-state index contributed by atoms with van der Waals surface area (Å²) in [5.41, 5.74) is 6.29. The molecule has 3 unspecified atom stereocenters. The minimum Gasteiger partial charge on any atom is -0.354 e. The highest BCUT2D eigenvalue weighted by Crippen LogP contribution is 2.33. The van der Waals surface area contributed by atoms with E-state index in [9.17, 15) is 4.79 Å². The van der Waals surface area contributed by atoms with Crippen molar-refractivity contribution in [3.63, 3.8) is 0 Å². The van der Waals surface area contributed by atoms with Crippen LogP contribution < -0.4 is 11.1 Å². The van der Waals surface area contributed by atoms with Crippen molar-refractivity contribution in [3.8, 4) is 0 Å². The first-order valence-corrected chi connectivity index (χ1v) is 8.15. The fraction of sp³-hybridized carbons (Fsp3) is 0.938. The molecule has 2 rings (SSSR count). The number of likely N-dealkylation sites (N-methyl/N-ethyl adjacent to an activating group) is 1. The van der Waals surface area contributed by atoms with E-state index in [2.05, 4.69) is 31.2 Å². The second-order valence-electron chi connectivity index (χ2n) is 7.19. The molecule has 0 saturated heterocycles. The van der Waals surface area contributed by atoms with Crippen LogP contribution >= 0.6 is 0 Å². The van der Waals surface area contributed by atoms with Crippen LogP contribution in [0.1, 0.15) is 51.9 Å². The van der Waals surface area contributed by atoms with Gasteiger partial charge in [0.25, 0.3) is 0 Å². The van der Waals surface area contributed by atoms with E-state index in [1.807, 2.05) is 0 Å². The van der Waals surface area contributed by atoms with E-state index in [1.54, 1.807) is 0 Å². The zero-order valence-corrected chi connectivity index (χ0v) is 13.3. The van der Waals surface area contributed by atoms with Gasteiger partial charge in [-0.2, -0.15) is 0 Å². The lowest BCUT2D eigenvalue weighted by Gasteiger charge is -2.37. The molecule has 116 valence electrons. The van der Waals surface area contributed by atoms with Crippen molar-refractivity contribution >= 4 is 5.91 Å². The van der Waals surface area contributed by atoms with Gasteiger partial charge in [0.1, 0.15) is 0 Å². The normalized spacial score (nSPS) is 33.4. The second kappa shape index (κ2) is 6.44. The summed E-state index contributed by atoms with van der Waals surface area (Å²) in [6, 6.07) is 0.189. The van der Waals surface area contributed by atoms with Crippen molar-refractivity contribution in [1.82, 2.24) is 10.2 Å². The summed E-state index contributed by atoms with van der Waals surface area (Å²) in [6.45, 7) is 2.98. The third-order valence-electron chi connectivity index (χ3n) is 5.70. The Morgan fingerprint density at radius 1 is 1.30 bits per heavy atom. The monoisotopic (exact) mass is 281 g/mol. The minimum absolute atomic E-state index is 0.127. The summed E-state index contributed by atoms with van der Waals surface area (Å²) in [6.07, 6.45) is 7.87. The van der Waals surface area contributed by atoms with Crippen molar-refractivity contribution in [2.75, 3.05) is 20.6 Å². The van der Waals surface area contributed by atoms with Crippen LogP contribution in [0, 0.1) is 11.8 Å². The molecule has 2 saturated carbocycles. The van der Waals surface area contributed by atoms with Gasteiger partial charge >= 0.3 is 0 Å². The Labute approximate surface area is 123 Å². The van der Waals surface area contributed by atoms with E-state index in [0.29, 0.717) is 5.92 Å². The Hall–Kier alpha value is -0.610. The fourth-order valence-corrected chi connectivity index (χ4v) is 3.81. The van der Waals surface area contributed by atoms with Crippen LogP contribution in [-0.2, 0) is 4.79 Å². The van der Waals surface area contributed by atoms with E-state index < -0.39 is 0 Å². The number of nitrogens with two attached hydrogens (primary N) is 1. The van der Waals surface area contributed by atoms with Gasteiger partial charge in [0.15, 0.2) is 0 Å². The standard InChI is InChI=1S/C16H31N3O/c1-12-6-7-13(10-14(12)17)15(20)18-11-16(19(2)3)8-4-5-9-16/h12-14H,4-11,17H2,1-3H3,(H,18,20). The summed E-state index contributed by atoms with van der Waals surface area (Å²) >= 11 is 0. The van der Waals surface area contributed by atoms with Gasteiger partial charge in [0.2, 0.25) is 5.91 Å². The number of carbonyl (C=O) groups excluding carboxylic acids is 1. The van der Waals surface area contributed by atoms with Gasteiger partial charge in [0.05, 0.1) is 0 Å². The second-order valence-corrected chi connectivity index (χ2v) is 7.19. The molecule has 1 amide bonds. The number of hydrogen-bond donors (Lipinski definition) is 2. The fourth-order valence-electron chi connectivity index (χ4n) is 3.81. The van der Waals surface area contributed by atoms with Crippen LogP contribution in [0.25, 0.3) is 0 Å². The molecule has 3 N–H and O–H groups in total. The first-order chi connectivity index (χ1) is 9.44. The van der Waals surface area contributed by atoms with Gasteiger partial charge in [-0.05, 0) is 52.1 Å². The largest absolute Gasteiger partial charge is 0.354 e. The summed E-state index contributed by atoms with van der Waals surface area (Å²) in [7, 11) is 4.27. The average molecular weight is 281 g/mol. The van der Waals surface area contributed by atoms with Gasteiger partial charge in [0, 0.05) is 24.0 Å². The van der Waals surface area contributed by atoms with Gasteiger partial charge in [-0.15, -0.1) is 0 Å². The molecule has 0 aliphatic heterocycles. The van der Waals surface area contributed by atoms with E-state index in [0.717, 1.165) is 25.8 Å². The van der Waals surface area contributed by atoms with Crippen molar-refractivity contribution in [2.45, 2.75) is 63.5 Å². The Kier molecular flexibility index (Phi) is 5.08. The number of hydrogen-bond acceptors (Lipinski definition) is 3. The molecule has 2 fully saturated rings. The molecular formula is C16H31N3O. The third-order valence-corrected chi connectivity index (χ3v) is 5.70. The van der Waals surface area contributed by atoms with Crippen molar-refractivity contribution in [1.29, 1.82) is 0 Å². The topological polar surface area (TPSA) is 58.4 Å². The molecular weight excluding hydrogens is 250 g/mol. The smallest absolute Gasteiger partial charge is 0.223 e. The maximum Gasteiger partial charge on any atom is 0.223 e. The van der Waals surface area contributed by atoms with Crippen molar-refractivity contribution in [2.24, 2.45) is 17.6 Å².